The molecule has 0 aliphatic carbocycles. The molecule has 1 aromatic rings. The van der Waals surface area contributed by atoms with Crippen molar-refractivity contribution in [3.8, 4) is 0 Å². The lowest BCUT2D eigenvalue weighted by Crippen LogP contribution is -2.50. The lowest BCUT2D eigenvalue weighted by molar-refractivity contribution is 0.250. The molecule has 0 bridgehead atoms. The second-order valence-corrected chi connectivity index (χ2v) is 7.92. The van der Waals surface area contributed by atoms with Gasteiger partial charge in [-0.2, -0.15) is 0 Å². The quantitative estimate of drug-likeness (QED) is 0.609. The summed E-state index contributed by atoms with van der Waals surface area (Å²) in [6.07, 6.45) is 3.77. The first-order valence-electron chi connectivity index (χ1n) is 9.07. The maximum Gasteiger partial charge on any atom is 0.174 e. The van der Waals surface area contributed by atoms with Gasteiger partial charge in [0.2, 0.25) is 0 Å². The third-order valence-electron chi connectivity index (χ3n) is 5.30. The fraction of sp³-hybridized carbons (Fsp3) is 0.500. The minimum absolute atomic E-state index is 0.151. The number of hydrogen-bond acceptors (Lipinski definition) is 5. The molecule has 3 atom stereocenters. The summed E-state index contributed by atoms with van der Waals surface area (Å²) in [4.78, 5) is 6.85. The smallest absolute Gasteiger partial charge is 0.174 e. The molecule has 0 amide bonds. The van der Waals surface area contributed by atoms with Gasteiger partial charge in [-0.1, -0.05) is 30.1 Å². The molecule has 0 spiro atoms. The van der Waals surface area contributed by atoms with Crippen molar-refractivity contribution < 1.29 is 0 Å². The first-order valence-corrected chi connectivity index (χ1v) is 9.82. The van der Waals surface area contributed by atoms with Gasteiger partial charge in [0.05, 0.1) is 11.6 Å². The number of benzene rings is 1. The molecule has 3 heterocycles. The molecule has 1 saturated heterocycles. The Morgan fingerprint density at radius 2 is 2.27 bits per heavy atom. The highest BCUT2D eigenvalue weighted by atomic mass is 35.5. The Labute approximate surface area is 163 Å². The summed E-state index contributed by atoms with van der Waals surface area (Å²) in [6, 6.07) is 5.31. The summed E-state index contributed by atoms with van der Waals surface area (Å²) < 4.78 is -0.515. The fourth-order valence-electron chi connectivity index (χ4n) is 4.15. The Kier molecular flexibility index (Phi) is 4.88. The van der Waals surface area contributed by atoms with Crippen LogP contribution in [0, 0.1) is 5.21 Å². The van der Waals surface area contributed by atoms with E-state index in [1.54, 1.807) is 18.2 Å². The standard InChI is InChI=1S/C18H23Cl2N5O/c1-2-21-18-22-9-12-10-25(26,16-8-13(19)5-6-15(16)20)11-14-4-3-7-24(14)17(12)23-18/h5-6,8-9,14,18,21,23H,2-4,7,10-11H2,1H3/t14?,18-,25?/m0/s1. The summed E-state index contributed by atoms with van der Waals surface area (Å²) in [5, 5.41) is 21.7. The van der Waals surface area contributed by atoms with Crippen LogP contribution in [0.4, 0.5) is 5.69 Å². The van der Waals surface area contributed by atoms with Gasteiger partial charge in [-0.3, -0.25) is 10.3 Å². The van der Waals surface area contributed by atoms with Crippen LogP contribution < -0.4 is 15.3 Å². The van der Waals surface area contributed by atoms with Gasteiger partial charge in [-0.15, -0.1) is 0 Å². The van der Waals surface area contributed by atoms with Gasteiger partial charge in [0.15, 0.2) is 12.0 Å². The number of nitrogens with one attached hydrogen (secondary N) is 2. The first kappa shape index (κ1) is 18.1. The van der Waals surface area contributed by atoms with E-state index in [9.17, 15) is 5.21 Å². The van der Waals surface area contributed by atoms with Crippen LogP contribution in [0.25, 0.3) is 0 Å². The lowest BCUT2D eigenvalue weighted by atomic mass is 10.1. The molecule has 1 fully saturated rings. The second-order valence-electron chi connectivity index (χ2n) is 7.07. The molecule has 26 heavy (non-hydrogen) atoms. The molecule has 140 valence electrons. The minimum atomic E-state index is -0.515. The minimum Gasteiger partial charge on any atom is -0.627 e. The van der Waals surface area contributed by atoms with E-state index < -0.39 is 4.65 Å². The van der Waals surface area contributed by atoms with E-state index in [0.717, 1.165) is 37.3 Å². The number of quaternary nitrogens is 1. The number of nitrogens with zero attached hydrogens (tertiary/aromatic N) is 3. The monoisotopic (exact) mass is 395 g/mol. The van der Waals surface area contributed by atoms with Crippen molar-refractivity contribution in [3.05, 3.63) is 44.8 Å². The predicted octanol–water partition coefficient (Wildman–Crippen LogP) is 3.06. The van der Waals surface area contributed by atoms with Crippen molar-refractivity contribution >= 4 is 35.1 Å². The highest BCUT2D eigenvalue weighted by Crippen LogP contribution is 2.39. The molecule has 3 aliphatic heterocycles. The summed E-state index contributed by atoms with van der Waals surface area (Å²) >= 11 is 12.6. The van der Waals surface area contributed by atoms with Crippen molar-refractivity contribution in [2.75, 3.05) is 26.2 Å². The van der Waals surface area contributed by atoms with Gasteiger partial charge < -0.3 is 20.1 Å². The normalized spacial score (nSPS) is 30.7. The number of rotatable bonds is 3. The maximum atomic E-state index is 14.0. The summed E-state index contributed by atoms with van der Waals surface area (Å²) in [5.41, 5.74) is 1.46. The van der Waals surface area contributed by atoms with Crippen molar-refractivity contribution in [2.24, 2.45) is 4.99 Å². The summed E-state index contributed by atoms with van der Waals surface area (Å²) in [7, 11) is 0. The highest BCUT2D eigenvalue weighted by Gasteiger charge is 2.41. The van der Waals surface area contributed by atoms with Crippen molar-refractivity contribution in [3.63, 3.8) is 0 Å². The van der Waals surface area contributed by atoms with Crippen molar-refractivity contribution in [1.29, 1.82) is 0 Å². The van der Waals surface area contributed by atoms with E-state index in [1.807, 2.05) is 13.1 Å². The van der Waals surface area contributed by atoms with E-state index >= 15 is 0 Å². The van der Waals surface area contributed by atoms with Gasteiger partial charge in [0, 0.05) is 23.8 Å². The number of aliphatic imine (C=N–C) groups is 1. The van der Waals surface area contributed by atoms with E-state index in [0.29, 0.717) is 22.3 Å². The topological polar surface area (TPSA) is 62.7 Å². The predicted molar refractivity (Wildman–Crippen MR) is 107 cm³/mol. The van der Waals surface area contributed by atoms with Gasteiger partial charge >= 0.3 is 0 Å². The van der Waals surface area contributed by atoms with Gasteiger partial charge in [0.25, 0.3) is 0 Å². The Hall–Kier alpha value is -1.31. The first-order chi connectivity index (χ1) is 12.5. The largest absolute Gasteiger partial charge is 0.627 e. The van der Waals surface area contributed by atoms with Gasteiger partial charge in [0.1, 0.15) is 23.9 Å². The lowest BCUT2D eigenvalue weighted by Gasteiger charge is -2.43. The molecular weight excluding hydrogens is 373 g/mol. The van der Waals surface area contributed by atoms with Crippen LogP contribution in [0.5, 0.6) is 0 Å². The molecule has 1 aromatic carbocycles. The van der Waals surface area contributed by atoms with Crippen LogP contribution >= 0.6 is 23.2 Å². The van der Waals surface area contributed by atoms with Crippen molar-refractivity contribution in [2.45, 2.75) is 32.1 Å². The van der Waals surface area contributed by atoms with Gasteiger partial charge in [-0.25, -0.2) is 0 Å². The molecule has 2 unspecified atom stereocenters. The van der Waals surface area contributed by atoms with E-state index in [-0.39, 0.29) is 18.9 Å². The molecule has 6 nitrogen and oxygen atoms in total. The van der Waals surface area contributed by atoms with Crippen LogP contribution in [-0.2, 0) is 0 Å². The summed E-state index contributed by atoms with van der Waals surface area (Å²) in [5.74, 6) is 1.03. The number of fused-ring (bicyclic) bond motifs is 2. The molecule has 4 rings (SSSR count). The Balaban J connectivity index is 1.74. The van der Waals surface area contributed by atoms with E-state index in [1.165, 1.54) is 0 Å². The number of hydroxylamine groups is 2. The zero-order valence-electron chi connectivity index (χ0n) is 14.7. The highest BCUT2D eigenvalue weighted by molar-refractivity contribution is 6.35. The Morgan fingerprint density at radius 1 is 1.42 bits per heavy atom. The molecular formula is C18H23Cl2N5O. The number of hydrogen-bond donors (Lipinski definition) is 2. The third-order valence-corrected chi connectivity index (χ3v) is 5.85. The Morgan fingerprint density at radius 3 is 3.08 bits per heavy atom. The molecule has 2 N–H and O–H groups in total. The third kappa shape index (κ3) is 3.21. The summed E-state index contributed by atoms with van der Waals surface area (Å²) in [6.45, 7) is 4.56. The molecule has 0 aromatic heterocycles. The molecule has 0 radical (unpaired) electrons. The second kappa shape index (κ2) is 7.02. The molecule has 8 heteroatoms. The van der Waals surface area contributed by atoms with Gasteiger partial charge in [-0.05, 0) is 31.5 Å². The van der Waals surface area contributed by atoms with Crippen LogP contribution in [-0.4, -0.2) is 49.6 Å². The SMILES string of the molecule is CCN[C@H]1N=CC2=C(N1)N1CCCC1C[N+]([O-])(c1cc(Cl)ccc1Cl)C2. The van der Waals surface area contributed by atoms with Crippen molar-refractivity contribution in [1.82, 2.24) is 20.2 Å². The van der Waals surface area contributed by atoms with Crippen LogP contribution in [0.1, 0.15) is 19.8 Å². The zero-order chi connectivity index (χ0) is 18.3. The van der Waals surface area contributed by atoms with Crippen LogP contribution in [0.2, 0.25) is 10.0 Å². The van der Waals surface area contributed by atoms with E-state index in [4.69, 9.17) is 23.2 Å². The fourth-order valence-corrected chi connectivity index (χ4v) is 4.58. The average Bonchev–Trinajstić information content (AvgIpc) is 3.01. The average molecular weight is 396 g/mol. The molecule has 3 aliphatic rings. The Bertz CT molecular complexity index is 768. The zero-order valence-corrected chi connectivity index (χ0v) is 16.2. The van der Waals surface area contributed by atoms with Crippen LogP contribution in [0.15, 0.2) is 34.6 Å². The van der Waals surface area contributed by atoms with E-state index in [2.05, 4.69) is 20.5 Å². The van der Waals surface area contributed by atoms with Crippen LogP contribution in [0.3, 0.4) is 0 Å². The number of halogens is 2. The maximum absolute atomic E-state index is 14.0. The molecule has 0 saturated carbocycles.